The quantitative estimate of drug-likeness (QED) is 0.865. The zero-order valence-corrected chi connectivity index (χ0v) is 12.3. The summed E-state index contributed by atoms with van der Waals surface area (Å²) in [5.74, 6) is 0. The average Bonchev–Trinajstić information content (AvgIpc) is 2.26. The van der Waals surface area contributed by atoms with E-state index < -0.39 is 12.7 Å². The third-order valence-corrected chi connectivity index (χ3v) is 2.98. The van der Waals surface area contributed by atoms with Gasteiger partial charge in [0.2, 0.25) is 0 Å². The van der Waals surface area contributed by atoms with Crippen LogP contribution in [0.4, 0.5) is 18.9 Å². The number of nitrogens with zero attached hydrogens (tertiary/aromatic N) is 1. The fourth-order valence-electron chi connectivity index (χ4n) is 2.30. The standard InChI is InChI=1S/C15H23F3N2/c1-4-7-20(10-15(16,17)18)14-6-5-11(2)8-13(14)9-12(3)19/h5-6,8,12H,4,7,9-10,19H2,1-3H3. The van der Waals surface area contributed by atoms with Gasteiger partial charge in [-0.2, -0.15) is 13.2 Å². The summed E-state index contributed by atoms with van der Waals surface area (Å²) in [7, 11) is 0. The Balaban J connectivity index is 3.11. The highest BCUT2D eigenvalue weighted by molar-refractivity contribution is 5.55. The fourth-order valence-corrected chi connectivity index (χ4v) is 2.30. The first-order chi connectivity index (χ1) is 9.23. The maximum atomic E-state index is 12.7. The van der Waals surface area contributed by atoms with Crippen LogP contribution in [0.3, 0.4) is 0 Å². The first-order valence-electron chi connectivity index (χ1n) is 6.89. The van der Waals surface area contributed by atoms with Crippen molar-refractivity contribution in [2.75, 3.05) is 18.0 Å². The number of aryl methyl sites for hydroxylation is 1. The summed E-state index contributed by atoms with van der Waals surface area (Å²) < 4.78 is 38.2. The van der Waals surface area contributed by atoms with Crippen molar-refractivity contribution in [2.24, 2.45) is 5.73 Å². The summed E-state index contributed by atoms with van der Waals surface area (Å²) in [6, 6.07) is 5.47. The molecule has 0 fully saturated rings. The zero-order chi connectivity index (χ0) is 15.3. The van der Waals surface area contributed by atoms with Crippen molar-refractivity contribution in [3.63, 3.8) is 0 Å². The molecule has 0 saturated heterocycles. The molecule has 0 heterocycles. The molecular formula is C15H23F3N2. The van der Waals surface area contributed by atoms with E-state index in [4.69, 9.17) is 5.73 Å². The second kappa shape index (κ2) is 6.97. The number of rotatable bonds is 6. The van der Waals surface area contributed by atoms with Crippen molar-refractivity contribution >= 4 is 5.69 Å². The molecule has 5 heteroatoms. The lowest BCUT2D eigenvalue weighted by Crippen LogP contribution is -2.35. The second-order valence-electron chi connectivity index (χ2n) is 5.35. The number of anilines is 1. The molecule has 2 nitrogen and oxygen atoms in total. The normalized spacial score (nSPS) is 13.3. The molecule has 0 amide bonds. The van der Waals surface area contributed by atoms with Crippen molar-refractivity contribution in [2.45, 2.75) is 45.8 Å². The molecule has 1 aromatic carbocycles. The van der Waals surface area contributed by atoms with Crippen LogP contribution in [0.25, 0.3) is 0 Å². The minimum atomic E-state index is -4.20. The molecule has 1 atom stereocenters. The number of hydrogen-bond donors (Lipinski definition) is 1. The van der Waals surface area contributed by atoms with Crippen molar-refractivity contribution in [3.05, 3.63) is 29.3 Å². The van der Waals surface area contributed by atoms with E-state index in [0.29, 0.717) is 25.1 Å². The molecule has 0 spiro atoms. The van der Waals surface area contributed by atoms with Gasteiger partial charge in [-0.3, -0.25) is 0 Å². The Morgan fingerprint density at radius 3 is 2.45 bits per heavy atom. The van der Waals surface area contributed by atoms with Gasteiger partial charge in [0.15, 0.2) is 0 Å². The second-order valence-corrected chi connectivity index (χ2v) is 5.35. The van der Waals surface area contributed by atoms with E-state index in [9.17, 15) is 13.2 Å². The van der Waals surface area contributed by atoms with Crippen molar-refractivity contribution in [3.8, 4) is 0 Å². The van der Waals surface area contributed by atoms with Gasteiger partial charge in [0.25, 0.3) is 0 Å². The summed E-state index contributed by atoms with van der Waals surface area (Å²) in [6.07, 6.45) is -2.96. The Bertz CT molecular complexity index is 428. The van der Waals surface area contributed by atoms with E-state index in [-0.39, 0.29) is 6.04 Å². The van der Waals surface area contributed by atoms with Crippen molar-refractivity contribution < 1.29 is 13.2 Å². The monoisotopic (exact) mass is 288 g/mol. The van der Waals surface area contributed by atoms with Crippen LogP contribution in [0.2, 0.25) is 0 Å². The van der Waals surface area contributed by atoms with E-state index in [1.807, 2.05) is 32.9 Å². The molecule has 20 heavy (non-hydrogen) atoms. The summed E-state index contributed by atoms with van der Waals surface area (Å²) in [5.41, 5.74) is 8.37. The molecule has 0 aromatic heterocycles. The Morgan fingerprint density at radius 2 is 1.95 bits per heavy atom. The van der Waals surface area contributed by atoms with Gasteiger partial charge < -0.3 is 10.6 Å². The molecule has 0 saturated carbocycles. The van der Waals surface area contributed by atoms with Gasteiger partial charge in [-0.1, -0.05) is 24.6 Å². The van der Waals surface area contributed by atoms with E-state index in [1.54, 1.807) is 6.07 Å². The number of halogens is 3. The predicted octanol–water partition coefficient (Wildman–Crippen LogP) is 3.66. The number of alkyl halides is 3. The fraction of sp³-hybridized carbons (Fsp3) is 0.600. The maximum absolute atomic E-state index is 12.7. The summed E-state index contributed by atoms with van der Waals surface area (Å²) in [6.45, 7) is 5.13. The lowest BCUT2D eigenvalue weighted by molar-refractivity contribution is -0.119. The van der Waals surface area contributed by atoms with Gasteiger partial charge in [0.1, 0.15) is 6.54 Å². The van der Waals surface area contributed by atoms with Crippen LogP contribution in [-0.2, 0) is 6.42 Å². The maximum Gasteiger partial charge on any atom is 0.405 e. The lowest BCUT2D eigenvalue weighted by Gasteiger charge is -2.28. The van der Waals surface area contributed by atoms with Gasteiger partial charge in [-0.15, -0.1) is 0 Å². The Hall–Kier alpha value is -1.23. The van der Waals surface area contributed by atoms with Crippen LogP contribution < -0.4 is 10.6 Å². The predicted molar refractivity (Wildman–Crippen MR) is 77.1 cm³/mol. The highest BCUT2D eigenvalue weighted by Gasteiger charge is 2.31. The van der Waals surface area contributed by atoms with Gasteiger partial charge in [-0.25, -0.2) is 0 Å². The molecule has 2 N–H and O–H groups in total. The molecule has 114 valence electrons. The molecule has 1 aromatic rings. The first-order valence-corrected chi connectivity index (χ1v) is 6.89. The summed E-state index contributed by atoms with van der Waals surface area (Å²) in [4.78, 5) is 1.40. The van der Waals surface area contributed by atoms with Crippen LogP contribution in [0, 0.1) is 6.92 Å². The molecule has 0 aliphatic heterocycles. The third kappa shape index (κ3) is 5.41. The smallest absolute Gasteiger partial charge is 0.362 e. The topological polar surface area (TPSA) is 29.3 Å². The molecule has 0 radical (unpaired) electrons. The van der Waals surface area contributed by atoms with Gasteiger partial charge in [0.05, 0.1) is 0 Å². The molecule has 1 unspecified atom stereocenters. The van der Waals surface area contributed by atoms with Gasteiger partial charge >= 0.3 is 6.18 Å². The van der Waals surface area contributed by atoms with Gasteiger partial charge in [0, 0.05) is 18.3 Å². The SMILES string of the molecule is CCCN(CC(F)(F)F)c1ccc(C)cc1CC(C)N. The Kier molecular flexibility index (Phi) is 5.87. The molecular weight excluding hydrogens is 265 g/mol. The van der Waals surface area contributed by atoms with E-state index in [2.05, 4.69) is 0 Å². The van der Waals surface area contributed by atoms with E-state index in [1.165, 1.54) is 4.90 Å². The number of benzene rings is 1. The largest absolute Gasteiger partial charge is 0.405 e. The third-order valence-electron chi connectivity index (χ3n) is 2.98. The Morgan fingerprint density at radius 1 is 1.30 bits per heavy atom. The van der Waals surface area contributed by atoms with Crippen molar-refractivity contribution in [1.29, 1.82) is 0 Å². The molecule has 0 aliphatic rings. The summed E-state index contributed by atoms with van der Waals surface area (Å²) in [5, 5.41) is 0. The molecule has 1 rings (SSSR count). The average molecular weight is 288 g/mol. The number of nitrogens with two attached hydrogens (primary N) is 1. The zero-order valence-electron chi connectivity index (χ0n) is 12.3. The van der Waals surface area contributed by atoms with Crippen LogP contribution in [0.15, 0.2) is 18.2 Å². The highest BCUT2D eigenvalue weighted by atomic mass is 19.4. The van der Waals surface area contributed by atoms with Gasteiger partial charge in [-0.05, 0) is 38.3 Å². The van der Waals surface area contributed by atoms with E-state index >= 15 is 0 Å². The first kappa shape index (κ1) is 16.8. The minimum Gasteiger partial charge on any atom is -0.362 e. The molecule has 0 bridgehead atoms. The highest BCUT2D eigenvalue weighted by Crippen LogP contribution is 2.27. The van der Waals surface area contributed by atoms with Crippen LogP contribution in [0.1, 0.15) is 31.4 Å². The molecule has 0 aliphatic carbocycles. The minimum absolute atomic E-state index is 0.0788. The van der Waals surface area contributed by atoms with E-state index in [0.717, 1.165) is 11.1 Å². The van der Waals surface area contributed by atoms with Crippen LogP contribution >= 0.6 is 0 Å². The number of hydrogen-bond acceptors (Lipinski definition) is 2. The lowest BCUT2D eigenvalue weighted by atomic mass is 10.0. The van der Waals surface area contributed by atoms with Crippen molar-refractivity contribution in [1.82, 2.24) is 0 Å². The Labute approximate surface area is 118 Å². The van der Waals surface area contributed by atoms with Crippen LogP contribution in [0.5, 0.6) is 0 Å². The van der Waals surface area contributed by atoms with Crippen LogP contribution in [-0.4, -0.2) is 25.3 Å². The summed E-state index contributed by atoms with van der Waals surface area (Å²) >= 11 is 0.